The Bertz CT molecular complexity index is 74.0. The fraction of sp³-hybridized carbons (Fsp3) is 0.857. The molecule has 10 heavy (non-hydrogen) atoms. The van der Waals surface area contributed by atoms with Gasteiger partial charge in [-0.3, -0.25) is 4.79 Å². The Morgan fingerprint density at radius 3 is 2.30 bits per heavy atom. The molecule has 0 aromatic rings. The van der Waals surface area contributed by atoms with Gasteiger partial charge in [0, 0.05) is 6.54 Å². The third-order valence-corrected chi connectivity index (χ3v) is 0.766. The van der Waals surface area contributed by atoms with Gasteiger partial charge < -0.3 is 10.4 Å². The number of aliphatic carboxylic acids is 1. The van der Waals surface area contributed by atoms with E-state index in [0.717, 1.165) is 6.54 Å². The maximum Gasteiger partial charge on any atom is 0.304 e. The Morgan fingerprint density at radius 2 is 2.00 bits per heavy atom. The second-order valence-electron chi connectivity index (χ2n) is 1.50. The number of nitrogens with one attached hydrogen (secondary N) is 1. The molecule has 0 spiro atoms. The second-order valence-corrected chi connectivity index (χ2v) is 1.50. The molecular weight excluding hydrogens is 130 g/mol. The Hall–Kier alpha value is -0.570. The first-order valence-corrected chi connectivity index (χ1v) is 3.70. The van der Waals surface area contributed by atoms with Crippen molar-refractivity contribution < 1.29 is 9.90 Å². The van der Waals surface area contributed by atoms with Crippen LogP contribution in [0.5, 0.6) is 0 Å². The fourth-order valence-corrected chi connectivity index (χ4v) is 0.372. The summed E-state index contributed by atoms with van der Waals surface area (Å²) in [4.78, 5) is 9.83. The lowest BCUT2D eigenvalue weighted by molar-refractivity contribution is -0.136. The maximum atomic E-state index is 9.83. The smallest absolute Gasteiger partial charge is 0.304 e. The van der Waals surface area contributed by atoms with Gasteiger partial charge in [-0.2, -0.15) is 0 Å². The minimum absolute atomic E-state index is 0.216. The molecule has 0 aliphatic carbocycles. The predicted octanol–water partition coefficient (Wildman–Crippen LogP) is 1.10. The quantitative estimate of drug-likeness (QED) is 0.585. The van der Waals surface area contributed by atoms with Crippen molar-refractivity contribution >= 4 is 5.97 Å². The molecule has 3 heteroatoms. The molecule has 0 rings (SSSR count). The Balaban J connectivity index is 0. The highest BCUT2D eigenvalue weighted by atomic mass is 16.4. The number of hydrogen-bond donors (Lipinski definition) is 2. The van der Waals surface area contributed by atoms with Gasteiger partial charge in [-0.15, -0.1) is 0 Å². The highest BCUT2D eigenvalue weighted by Crippen LogP contribution is 1.72. The molecule has 0 saturated heterocycles. The van der Waals surface area contributed by atoms with Crippen molar-refractivity contribution in [1.82, 2.24) is 5.32 Å². The molecule has 0 radical (unpaired) electrons. The summed E-state index contributed by atoms with van der Waals surface area (Å²) in [6.45, 7) is 7.36. The van der Waals surface area contributed by atoms with Crippen LogP contribution in [-0.4, -0.2) is 24.2 Å². The summed E-state index contributed by atoms with van der Waals surface area (Å²) < 4.78 is 0. The van der Waals surface area contributed by atoms with Crippen molar-refractivity contribution in [3.8, 4) is 0 Å². The minimum atomic E-state index is -0.744. The van der Waals surface area contributed by atoms with E-state index in [1.165, 1.54) is 0 Å². The van der Waals surface area contributed by atoms with Crippen molar-refractivity contribution in [2.24, 2.45) is 0 Å². The van der Waals surface area contributed by atoms with Gasteiger partial charge in [-0.25, -0.2) is 0 Å². The number of carboxylic acids is 1. The lowest BCUT2D eigenvalue weighted by atomic mass is 10.4. The largest absolute Gasteiger partial charge is 0.481 e. The molecule has 0 heterocycles. The standard InChI is InChI=1S/C5H11NO2.C2H6/c1-2-6-4-3-5(7)8;1-2/h6H,2-4H2,1H3,(H,7,8);1-2H3. The van der Waals surface area contributed by atoms with Gasteiger partial charge in [0.15, 0.2) is 0 Å². The number of rotatable bonds is 4. The molecule has 0 bridgehead atoms. The lowest BCUT2D eigenvalue weighted by Gasteiger charge is -1.93. The van der Waals surface area contributed by atoms with Crippen LogP contribution < -0.4 is 5.32 Å². The lowest BCUT2D eigenvalue weighted by Crippen LogP contribution is -2.16. The monoisotopic (exact) mass is 147 g/mol. The summed E-state index contributed by atoms with van der Waals surface area (Å²) in [6, 6.07) is 0. The zero-order valence-corrected chi connectivity index (χ0v) is 6.98. The number of hydrogen-bond acceptors (Lipinski definition) is 2. The topological polar surface area (TPSA) is 49.3 Å². The van der Waals surface area contributed by atoms with Crippen LogP contribution in [0.15, 0.2) is 0 Å². The molecule has 0 aliphatic rings. The molecule has 0 unspecified atom stereocenters. The third-order valence-electron chi connectivity index (χ3n) is 0.766. The van der Waals surface area contributed by atoms with E-state index >= 15 is 0 Å². The summed E-state index contributed by atoms with van der Waals surface area (Å²) in [5.41, 5.74) is 0. The Labute approximate surface area is 62.4 Å². The Kier molecular flexibility index (Phi) is 13.7. The van der Waals surface area contributed by atoms with E-state index in [2.05, 4.69) is 5.32 Å². The zero-order chi connectivity index (χ0) is 8.41. The van der Waals surface area contributed by atoms with Gasteiger partial charge in [0.2, 0.25) is 0 Å². The molecule has 0 aliphatic heterocycles. The highest BCUT2D eigenvalue weighted by Gasteiger charge is 1.91. The molecule has 0 amide bonds. The summed E-state index contributed by atoms with van der Waals surface area (Å²) >= 11 is 0. The van der Waals surface area contributed by atoms with Crippen LogP contribution in [0.25, 0.3) is 0 Å². The van der Waals surface area contributed by atoms with E-state index < -0.39 is 5.97 Å². The van der Waals surface area contributed by atoms with Crippen LogP contribution in [-0.2, 0) is 4.79 Å². The second kappa shape index (κ2) is 11.3. The van der Waals surface area contributed by atoms with E-state index in [9.17, 15) is 4.79 Å². The van der Waals surface area contributed by atoms with Crippen LogP contribution in [0.3, 0.4) is 0 Å². The zero-order valence-electron chi connectivity index (χ0n) is 6.98. The van der Waals surface area contributed by atoms with E-state index in [1.807, 2.05) is 20.8 Å². The molecule has 62 valence electrons. The van der Waals surface area contributed by atoms with Crippen LogP contribution >= 0.6 is 0 Å². The normalized spacial score (nSPS) is 7.90. The maximum absolute atomic E-state index is 9.83. The predicted molar refractivity (Wildman–Crippen MR) is 42.1 cm³/mol. The molecule has 0 fully saturated rings. The van der Waals surface area contributed by atoms with Crippen LogP contribution in [0.2, 0.25) is 0 Å². The van der Waals surface area contributed by atoms with Gasteiger partial charge in [0.1, 0.15) is 0 Å². The first kappa shape index (κ1) is 12.1. The molecule has 0 aromatic heterocycles. The summed E-state index contributed by atoms with van der Waals surface area (Å²) in [5.74, 6) is -0.744. The van der Waals surface area contributed by atoms with Crippen molar-refractivity contribution in [3.05, 3.63) is 0 Å². The number of carbonyl (C=O) groups is 1. The number of carboxylic acid groups (broad SMARTS) is 1. The van der Waals surface area contributed by atoms with Crippen LogP contribution in [0.4, 0.5) is 0 Å². The first-order valence-electron chi connectivity index (χ1n) is 3.70. The summed E-state index contributed by atoms with van der Waals surface area (Å²) in [7, 11) is 0. The summed E-state index contributed by atoms with van der Waals surface area (Å²) in [6.07, 6.45) is 0.216. The summed E-state index contributed by atoms with van der Waals surface area (Å²) in [5, 5.41) is 11.0. The average molecular weight is 147 g/mol. The highest BCUT2D eigenvalue weighted by molar-refractivity contribution is 5.66. The average Bonchev–Trinajstić information content (AvgIpc) is 1.92. The first-order chi connectivity index (χ1) is 4.77. The van der Waals surface area contributed by atoms with Crippen molar-refractivity contribution in [2.45, 2.75) is 27.2 Å². The van der Waals surface area contributed by atoms with Crippen molar-refractivity contribution in [1.29, 1.82) is 0 Å². The van der Waals surface area contributed by atoms with Crippen molar-refractivity contribution in [2.75, 3.05) is 13.1 Å². The molecule has 0 atom stereocenters. The molecule has 3 nitrogen and oxygen atoms in total. The molecule has 0 aromatic carbocycles. The van der Waals surface area contributed by atoms with E-state index in [4.69, 9.17) is 5.11 Å². The van der Waals surface area contributed by atoms with Gasteiger partial charge in [0.05, 0.1) is 6.42 Å². The van der Waals surface area contributed by atoms with Gasteiger partial charge in [-0.05, 0) is 6.54 Å². The van der Waals surface area contributed by atoms with E-state index in [-0.39, 0.29) is 6.42 Å². The third kappa shape index (κ3) is 15.7. The minimum Gasteiger partial charge on any atom is -0.481 e. The van der Waals surface area contributed by atoms with E-state index in [1.54, 1.807) is 0 Å². The van der Waals surface area contributed by atoms with Crippen LogP contribution in [0.1, 0.15) is 27.2 Å². The van der Waals surface area contributed by atoms with Crippen molar-refractivity contribution in [3.63, 3.8) is 0 Å². The van der Waals surface area contributed by atoms with Gasteiger partial charge in [0.25, 0.3) is 0 Å². The SMILES string of the molecule is CC.CCNCCC(=O)O. The van der Waals surface area contributed by atoms with E-state index in [0.29, 0.717) is 6.54 Å². The molecule has 2 N–H and O–H groups in total. The molecular formula is C7H17NO2. The molecule has 0 saturated carbocycles. The fourth-order valence-electron chi connectivity index (χ4n) is 0.372. The van der Waals surface area contributed by atoms with Gasteiger partial charge in [-0.1, -0.05) is 20.8 Å². The van der Waals surface area contributed by atoms with Gasteiger partial charge >= 0.3 is 5.97 Å². The Morgan fingerprint density at radius 1 is 1.50 bits per heavy atom. The van der Waals surface area contributed by atoms with Crippen LogP contribution in [0, 0.1) is 0 Å².